The van der Waals surface area contributed by atoms with Crippen LogP contribution in [-0.2, 0) is 17.7 Å². The summed E-state index contributed by atoms with van der Waals surface area (Å²) < 4.78 is 5.07. The fourth-order valence-corrected chi connectivity index (χ4v) is 2.07. The zero-order valence-electron chi connectivity index (χ0n) is 10.3. The Morgan fingerprint density at radius 1 is 1.41 bits per heavy atom. The van der Waals surface area contributed by atoms with Gasteiger partial charge in [-0.25, -0.2) is 0 Å². The molecule has 1 aliphatic rings. The van der Waals surface area contributed by atoms with E-state index in [0.717, 1.165) is 37.1 Å². The summed E-state index contributed by atoms with van der Waals surface area (Å²) >= 11 is 6.20. The molecule has 0 amide bonds. The maximum atomic E-state index is 6.20. The standard InChI is InChI=1S/C14H20ClNO/c1-17-8-2-3-11-4-7-14(15)12(9-11)10-16-13-5-6-13/h4,7,9,13,16H,2-3,5-6,8,10H2,1H3. The van der Waals surface area contributed by atoms with E-state index in [1.807, 2.05) is 6.07 Å². The van der Waals surface area contributed by atoms with Crippen LogP contribution in [0.15, 0.2) is 18.2 Å². The van der Waals surface area contributed by atoms with Gasteiger partial charge in [-0.1, -0.05) is 23.7 Å². The lowest BCUT2D eigenvalue weighted by atomic mass is 10.1. The van der Waals surface area contributed by atoms with Crippen molar-refractivity contribution >= 4 is 11.6 Å². The number of halogens is 1. The molecule has 1 aromatic carbocycles. The lowest BCUT2D eigenvalue weighted by Gasteiger charge is -2.08. The van der Waals surface area contributed by atoms with Gasteiger partial charge in [-0.3, -0.25) is 0 Å². The van der Waals surface area contributed by atoms with Gasteiger partial charge in [0.25, 0.3) is 0 Å². The van der Waals surface area contributed by atoms with Crippen LogP contribution in [0.3, 0.4) is 0 Å². The smallest absolute Gasteiger partial charge is 0.0465 e. The zero-order chi connectivity index (χ0) is 12.1. The maximum Gasteiger partial charge on any atom is 0.0465 e. The molecule has 0 aliphatic heterocycles. The minimum absolute atomic E-state index is 0.725. The van der Waals surface area contributed by atoms with Crippen molar-refractivity contribution in [3.63, 3.8) is 0 Å². The molecule has 0 unspecified atom stereocenters. The SMILES string of the molecule is COCCCc1ccc(Cl)c(CNC2CC2)c1. The van der Waals surface area contributed by atoms with Gasteiger partial charge in [0.15, 0.2) is 0 Å². The molecule has 0 aromatic heterocycles. The Labute approximate surface area is 108 Å². The second-order valence-electron chi connectivity index (χ2n) is 4.68. The maximum absolute atomic E-state index is 6.20. The first-order valence-electron chi connectivity index (χ1n) is 6.29. The van der Waals surface area contributed by atoms with Crippen molar-refractivity contribution in [3.8, 4) is 0 Å². The van der Waals surface area contributed by atoms with Crippen LogP contribution in [0.5, 0.6) is 0 Å². The Bertz CT molecular complexity index is 363. The van der Waals surface area contributed by atoms with Crippen LogP contribution in [-0.4, -0.2) is 19.8 Å². The van der Waals surface area contributed by atoms with E-state index in [2.05, 4.69) is 17.4 Å². The van der Waals surface area contributed by atoms with Gasteiger partial charge in [-0.05, 0) is 42.9 Å². The van der Waals surface area contributed by atoms with Crippen molar-refractivity contribution in [2.24, 2.45) is 0 Å². The van der Waals surface area contributed by atoms with E-state index in [1.165, 1.54) is 24.0 Å². The minimum atomic E-state index is 0.725. The van der Waals surface area contributed by atoms with E-state index in [0.29, 0.717) is 0 Å². The number of hydrogen-bond acceptors (Lipinski definition) is 2. The fraction of sp³-hybridized carbons (Fsp3) is 0.571. The second kappa shape index (κ2) is 6.39. The van der Waals surface area contributed by atoms with Crippen molar-refractivity contribution < 1.29 is 4.74 Å². The molecule has 3 heteroatoms. The lowest BCUT2D eigenvalue weighted by molar-refractivity contribution is 0.195. The molecule has 94 valence electrons. The Balaban J connectivity index is 1.90. The second-order valence-corrected chi connectivity index (χ2v) is 5.08. The number of methoxy groups -OCH3 is 1. The predicted octanol–water partition coefficient (Wildman–Crippen LogP) is 3.17. The molecule has 0 heterocycles. The predicted molar refractivity (Wildman–Crippen MR) is 71.5 cm³/mol. The monoisotopic (exact) mass is 253 g/mol. The van der Waals surface area contributed by atoms with Gasteiger partial charge in [0.05, 0.1) is 0 Å². The van der Waals surface area contributed by atoms with Crippen molar-refractivity contribution in [2.75, 3.05) is 13.7 Å². The molecule has 0 radical (unpaired) electrons. The number of hydrogen-bond donors (Lipinski definition) is 1. The van der Waals surface area contributed by atoms with Crippen LogP contribution in [0.2, 0.25) is 5.02 Å². The third kappa shape index (κ3) is 4.30. The quantitative estimate of drug-likeness (QED) is 0.754. The summed E-state index contributed by atoms with van der Waals surface area (Å²) in [6.07, 6.45) is 4.74. The van der Waals surface area contributed by atoms with Crippen LogP contribution in [0.4, 0.5) is 0 Å². The van der Waals surface area contributed by atoms with Gasteiger partial charge in [-0.2, -0.15) is 0 Å². The summed E-state index contributed by atoms with van der Waals surface area (Å²) in [5.74, 6) is 0. The first-order valence-corrected chi connectivity index (χ1v) is 6.67. The number of nitrogens with one attached hydrogen (secondary N) is 1. The average molecular weight is 254 g/mol. The van der Waals surface area contributed by atoms with Crippen molar-refractivity contribution in [1.82, 2.24) is 5.32 Å². The van der Waals surface area contributed by atoms with E-state index in [-0.39, 0.29) is 0 Å². The van der Waals surface area contributed by atoms with Crippen molar-refractivity contribution in [1.29, 1.82) is 0 Å². The first kappa shape index (κ1) is 12.9. The average Bonchev–Trinajstić information content (AvgIpc) is 3.14. The first-order chi connectivity index (χ1) is 8.29. The minimum Gasteiger partial charge on any atom is -0.385 e. The molecule has 0 saturated heterocycles. The lowest BCUT2D eigenvalue weighted by Crippen LogP contribution is -2.15. The highest BCUT2D eigenvalue weighted by Gasteiger charge is 2.20. The van der Waals surface area contributed by atoms with Crippen molar-refractivity contribution in [3.05, 3.63) is 34.3 Å². The Hall–Kier alpha value is -0.570. The van der Waals surface area contributed by atoms with E-state index in [4.69, 9.17) is 16.3 Å². The van der Waals surface area contributed by atoms with Gasteiger partial charge in [0.1, 0.15) is 0 Å². The van der Waals surface area contributed by atoms with Crippen LogP contribution >= 0.6 is 11.6 Å². The van der Waals surface area contributed by atoms with Gasteiger partial charge >= 0.3 is 0 Å². The van der Waals surface area contributed by atoms with Crippen LogP contribution < -0.4 is 5.32 Å². The Kier molecular flexibility index (Phi) is 4.84. The van der Waals surface area contributed by atoms with E-state index >= 15 is 0 Å². The summed E-state index contributed by atoms with van der Waals surface area (Å²) in [6.45, 7) is 1.71. The number of aryl methyl sites for hydroxylation is 1. The summed E-state index contributed by atoms with van der Waals surface area (Å²) in [4.78, 5) is 0. The number of ether oxygens (including phenoxy) is 1. The number of benzene rings is 1. The summed E-state index contributed by atoms with van der Waals surface area (Å²) in [6, 6.07) is 7.06. The third-order valence-electron chi connectivity index (χ3n) is 3.08. The van der Waals surface area contributed by atoms with Crippen LogP contribution in [0, 0.1) is 0 Å². The van der Waals surface area contributed by atoms with E-state index in [9.17, 15) is 0 Å². The zero-order valence-corrected chi connectivity index (χ0v) is 11.1. The summed E-state index contributed by atoms with van der Waals surface area (Å²) in [7, 11) is 1.74. The van der Waals surface area contributed by atoms with Crippen LogP contribution in [0.1, 0.15) is 30.4 Å². The molecule has 1 saturated carbocycles. The molecule has 0 atom stereocenters. The van der Waals surface area contributed by atoms with Crippen LogP contribution in [0.25, 0.3) is 0 Å². The fourth-order valence-electron chi connectivity index (χ4n) is 1.88. The van der Waals surface area contributed by atoms with Crippen molar-refractivity contribution in [2.45, 2.75) is 38.3 Å². The topological polar surface area (TPSA) is 21.3 Å². The highest BCUT2D eigenvalue weighted by molar-refractivity contribution is 6.31. The molecular weight excluding hydrogens is 234 g/mol. The van der Waals surface area contributed by atoms with Gasteiger partial charge in [0.2, 0.25) is 0 Å². The molecule has 17 heavy (non-hydrogen) atoms. The third-order valence-corrected chi connectivity index (χ3v) is 3.45. The molecule has 1 fully saturated rings. The number of rotatable bonds is 7. The van der Waals surface area contributed by atoms with E-state index in [1.54, 1.807) is 7.11 Å². The molecule has 2 rings (SSSR count). The molecule has 0 bridgehead atoms. The molecule has 0 spiro atoms. The van der Waals surface area contributed by atoms with E-state index < -0.39 is 0 Å². The van der Waals surface area contributed by atoms with Gasteiger partial charge in [0, 0.05) is 31.3 Å². The molecular formula is C14H20ClNO. The van der Waals surface area contributed by atoms with Gasteiger partial charge in [-0.15, -0.1) is 0 Å². The normalized spacial score (nSPS) is 15.2. The summed E-state index contributed by atoms with van der Waals surface area (Å²) in [5.41, 5.74) is 2.56. The molecule has 1 aliphatic carbocycles. The Morgan fingerprint density at radius 2 is 2.24 bits per heavy atom. The summed E-state index contributed by atoms with van der Waals surface area (Å²) in [5, 5.41) is 4.37. The molecule has 1 aromatic rings. The Morgan fingerprint density at radius 3 is 2.94 bits per heavy atom. The molecule has 2 nitrogen and oxygen atoms in total. The highest BCUT2D eigenvalue weighted by Crippen LogP contribution is 2.22. The highest BCUT2D eigenvalue weighted by atomic mass is 35.5. The largest absolute Gasteiger partial charge is 0.385 e. The van der Waals surface area contributed by atoms with Gasteiger partial charge < -0.3 is 10.1 Å². The molecule has 1 N–H and O–H groups in total.